The Bertz CT molecular complexity index is 1140. The van der Waals surface area contributed by atoms with E-state index >= 15 is 0 Å². The molecule has 8 nitrogen and oxygen atoms in total. The number of benzene rings is 2. The maximum absolute atomic E-state index is 12.7. The highest BCUT2D eigenvalue weighted by molar-refractivity contribution is 6.02. The Morgan fingerprint density at radius 1 is 1.06 bits per heavy atom. The van der Waals surface area contributed by atoms with Crippen molar-refractivity contribution in [2.24, 2.45) is 5.92 Å². The van der Waals surface area contributed by atoms with Crippen molar-refractivity contribution in [3.05, 3.63) is 70.1 Å². The number of carbonyl (C=O) groups is 2. The molecule has 31 heavy (non-hydrogen) atoms. The van der Waals surface area contributed by atoms with Crippen molar-refractivity contribution in [3.63, 3.8) is 0 Å². The number of ether oxygens (including phenoxy) is 2. The summed E-state index contributed by atoms with van der Waals surface area (Å²) in [5.41, 5.74) is 0.630. The smallest absolute Gasteiger partial charge is 0.359 e. The number of hydrogen-bond acceptors (Lipinski definition) is 6. The van der Waals surface area contributed by atoms with Gasteiger partial charge in [0.1, 0.15) is 5.75 Å². The molecule has 1 aromatic heterocycles. The maximum atomic E-state index is 12.7. The van der Waals surface area contributed by atoms with Crippen LogP contribution in [0, 0.1) is 5.92 Å². The zero-order valence-electron chi connectivity index (χ0n) is 17.8. The van der Waals surface area contributed by atoms with E-state index in [2.05, 4.69) is 10.4 Å². The van der Waals surface area contributed by atoms with E-state index in [9.17, 15) is 14.4 Å². The lowest BCUT2D eigenvalue weighted by Gasteiger charge is -2.12. The Morgan fingerprint density at radius 3 is 2.39 bits per heavy atom. The van der Waals surface area contributed by atoms with Crippen LogP contribution in [-0.2, 0) is 22.6 Å². The number of methoxy groups -OCH3 is 1. The second-order valence-electron chi connectivity index (χ2n) is 7.48. The summed E-state index contributed by atoms with van der Waals surface area (Å²) in [6, 6.07) is 14.0. The first-order chi connectivity index (χ1) is 14.9. The van der Waals surface area contributed by atoms with Crippen LogP contribution in [0.3, 0.4) is 0 Å². The van der Waals surface area contributed by atoms with Crippen molar-refractivity contribution >= 4 is 22.6 Å². The number of nitrogens with zero attached hydrogens (tertiary/aromatic N) is 2. The average Bonchev–Trinajstić information content (AvgIpc) is 2.78. The quantitative estimate of drug-likeness (QED) is 0.559. The first kappa shape index (κ1) is 22.0. The van der Waals surface area contributed by atoms with Gasteiger partial charge in [-0.05, 0) is 29.7 Å². The molecular weight excluding hydrogens is 398 g/mol. The van der Waals surface area contributed by atoms with Crippen molar-refractivity contribution in [2.75, 3.05) is 13.7 Å². The average molecular weight is 423 g/mol. The number of fused-ring (bicyclic) bond motifs is 1. The predicted octanol–water partition coefficient (Wildman–Crippen LogP) is 2.53. The molecule has 162 valence electrons. The van der Waals surface area contributed by atoms with Crippen LogP contribution in [-0.4, -0.2) is 35.4 Å². The third-order valence-electron chi connectivity index (χ3n) is 4.58. The first-order valence-corrected chi connectivity index (χ1v) is 9.95. The largest absolute Gasteiger partial charge is 0.497 e. The van der Waals surface area contributed by atoms with Crippen LogP contribution in [0.25, 0.3) is 10.8 Å². The zero-order valence-corrected chi connectivity index (χ0v) is 17.8. The summed E-state index contributed by atoms with van der Waals surface area (Å²) < 4.78 is 11.5. The molecule has 0 aliphatic carbocycles. The van der Waals surface area contributed by atoms with Crippen LogP contribution in [0.2, 0.25) is 0 Å². The lowest BCUT2D eigenvalue weighted by Crippen LogP contribution is -2.30. The van der Waals surface area contributed by atoms with Gasteiger partial charge in [-0.2, -0.15) is 5.10 Å². The van der Waals surface area contributed by atoms with E-state index < -0.39 is 18.5 Å². The fourth-order valence-corrected chi connectivity index (χ4v) is 3.05. The van der Waals surface area contributed by atoms with Gasteiger partial charge in [0.25, 0.3) is 11.5 Å². The molecule has 0 saturated carbocycles. The molecule has 0 fully saturated rings. The molecule has 0 aliphatic heterocycles. The van der Waals surface area contributed by atoms with Gasteiger partial charge in [-0.3, -0.25) is 9.59 Å². The molecule has 3 aromatic rings. The maximum Gasteiger partial charge on any atom is 0.359 e. The summed E-state index contributed by atoms with van der Waals surface area (Å²) in [7, 11) is 1.58. The van der Waals surface area contributed by atoms with Crippen molar-refractivity contribution in [3.8, 4) is 5.75 Å². The Kier molecular flexibility index (Phi) is 7.02. The standard InChI is InChI=1S/C23H25N3O5/c1-15(2)13-26-22(28)19-7-5-4-6-18(19)21(25-26)23(29)31-14-20(27)24-12-16-8-10-17(30-3)11-9-16/h4-11,15H,12-14H2,1-3H3,(H,24,27). The third-order valence-corrected chi connectivity index (χ3v) is 4.58. The number of hydrogen-bond donors (Lipinski definition) is 1. The summed E-state index contributed by atoms with van der Waals surface area (Å²) in [6.07, 6.45) is 0. The van der Waals surface area contributed by atoms with Gasteiger partial charge < -0.3 is 14.8 Å². The molecule has 0 bridgehead atoms. The SMILES string of the molecule is COc1ccc(CNC(=O)COC(=O)c2nn(CC(C)C)c(=O)c3ccccc23)cc1. The van der Waals surface area contributed by atoms with Crippen LogP contribution >= 0.6 is 0 Å². The molecule has 1 amide bonds. The molecule has 0 aliphatic rings. The van der Waals surface area contributed by atoms with Gasteiger partial charge in [-0.1, -0.05) is 44.2 Å². The van der Waals surface area contributed by atoms with E-state index in [0.29, 0.717) is 23.9 Å². The minimum Gasteiger partial charge on any atom is -0.497 e. The van der Waals surface area contributed by atoms with Gasteiger partial charge in [-0.25, -0.2) is 9.48 Å². The normalized spacial score (nSPS) is 10.8. The lowest BCUT2D eigenvalue weighted by atomic mass is 10.1. The number of carbonyl (C=O) groups excluding carboxylic acids is 2. The summed E-state index contributed by atoms with van der Waals surface area (Å²) in [4.78, 5) is 37.4. The second kappa shape index (κ2) is 9.88. The fourth-order valence-electron chi connectivity index (χ4n) is 3.05. The molecule has 0 atom stereocenters. The van der Waals surface area contributed by atoms with Crippen molar-refractivity contribution in [2.45, 2.75) is 26.9 Å². The lowest BCUT2D eigenvalue weighted by molar-refractivity contribution is -0.124. The molecule has 8 heteroatoms. The van der Waals surface area contributed by atoms with Crippen LogP contribution in [0.15, 0.2) is 53.3 Å². The van der Waals surface area contributed by atoms with Crippen LogP contribution in [0.5, 0.6) is 5.75 Å². The molecule has 0 unspecified atom stereocenters. The summed E-state index contributed by atoms with van der Waals surface area (Å²) >= 11 is 0. The Labute approximate surface area is 179 Å². The summed E-state index contributed by atoms with van der Waals surface area (Å²) in [6.45, 7) is 4.12. The third kappa shape index (κ3) is 5.48. The number of rotatable bonds is 8. The van der Waals surface area contributed by atoms with Gasteiger partial charge >= 0.3 is 5.97 Å². The number of esters is 1. The molecule has 0 saturated heterocycles. The first-order valence-electron chi connectivity index (χ1n) is 9.95. The van der Waals surface area contributed by atoms with Gasteiger partial charge in [0, 0.05) is 18.5 Å². The van der Waals surface area contributed by atoms with Gasteiger partial charge in [0.15, 0.2) is 12.3 Å². The Morgan fingerprint density at radius 2 is 1.74 bits per heavy atom. The molecule has 3 rings (SSSR count). The monoisotopic (exact) mass is 423 g/mol. The zero-order chi connectivity index (χ0) is 22.4. The topological polar surface area (TPSA) is 99.5 Å². The summed E-state index contributed by atoms with van der Waals surface area (Å²) in [5.74, 6) is -0.307. The van der Waals surface area contributed by atoms with E-state index in [1.807, 2.05) is 26.0 Å². The van der Waals surface area contributed by atoms with Gasteiger partial charge in [0.05, 0.1) is 12.5 Å². The predicted molar refractivity (Wildman–Crippen MR) is 116 cm³/mol. The molecule has 1 heterocycles. The van der Waals surface area contributed by atoms with E-state index in [0.717, 1.165) is 11.3 Å². The van der Waals surface area contributed by atoms with Crippen LogP contribution in [0.4, 0.5) is 0 Å². The molecule has 0 radical (unpaired) electrons. The highest BCUT2D eigenvalue weighted by Gasteiger charge is 2.19. The van der Waals surface area contributed by atoms with E-state index in [1.54, 1.807) is 43.5 Å². The van der Waals surface area contributed by atoms with Crippen LogP contribution in [0.1, 0.15) is 29.9 Å². The number of nitrogens with one attached hydrogen (secondary N) is 1. The minimum atomic E-state index is -0.756. The highest BCUT2D eigenvalue weighted by atomic mass is 16.5. The van der Waals surface area contributed by atoms with E-state index in [-0.39, 0.29) is 17.2 Å². The van der Waals surface area contributed by atoms with Gasteiger partial charge in [-0.15, -0.1) is 0 Å². The van der Waals surface area contributed by atoms with Crippen LogP contribution < -0.4 is 15.6 Å². The summed E-state index contributed by atoms with van der Waals surface area (Å²) in [5, 5.41) is 7.69. The minimum absolute atomic E-state index is 0.0128. The van der Waals surface area contributed by atoms with Crippen molar-refractivity contribution in [1.82, 2.24) is 15.1 Å². The molecular formula is C23H25N3O5. The Balaban J connectivity index is 1.68. The fraction of sp³-hybridized carbons (Fsp3) is 0.304. The Hall–Kier alpha value is -3.68. The van der Waals surface area contributed by atoms with E-state index in [4.69, 9.17) is 9.47 Å². The number of amides is 1. The second-order valence-corrected chi connectivity index (χ2v) is 7.48. The van der Waals surface area contributed by atoms with Gasteiger partial charge in [0.2, 0.25) is 0 Å². The number of aromatic nitrogens is 2. The molecule has 2 aromatic carbocycles. The molecule has 1 N–H and O–H groups in total. The van der Waals surface area contributed by atoms with Crippen molar-refractivity contribution < 1.29 is 19.1 Å². The van der Waals surface area contributed by atoms with E-state index in [1.165, 1.54) is 4.68 Å². The van der Waals surface area contributed by atoms with Crippen molar-refractivity contribution in [1.29, 1.82) is 0 Å². The molecule has 0 spiro atoms. The highest BCUT2D eigenvalue weighted by Crippen LogP contribution is 2.15.